The van der Waals surface area contributed by atoms with Crippen LogP contribution in [0.25, 0.3) is 0 Å². The summed E-state index contributed by atoms with van der Waals surface area (Å²) in [7, 11) is 0. The largest absolute Gasteiger partial charge is 0.393 e. The lowest BCUT2D eigenvalue weighted by Crippen LogP contribution is -2.36. The Hall–Kier alpha value is -0.420. The summed E-state index contributed by atoms with van der Waals surface area (Å²) in [4.78, 5) is 4.97. The molecule has 0 bridgehead atoms. The fourth-order valence-electron chi connectivity index (χ4n) is 2.12. The van der Waals surface area contributed by atoms with Gasteiger partial charge in [0.1, 0.15) is 5.60 Å². The van der Waals surface area contributed by atoms with Gasteiger partial charge in [-0.15, -0.1) is 11.3 Å². The standard InChI is InChI=1S/C12H19NO2S/c1-2-10-3-4-11(16-10)7-13-6-5-12(15,8-13)9-14/h3-4,14-15H,2,5-9H2,1H3/t12-/m0/s1. The zero-order valence-corrected chi connectivity index (χ0v) is 10.5. The van der Waals surface area contributed by atoms with E-state index in [0.29, 0.717) is 13.0 Å². The summed E-state index contributed by atoms with van der Waals surface area (Å²) in [6.45, 7) is 4.39. The van der Waals surface area contributed by atoms with Gasteiger partial charge in [0.25, 0.3) is 0 Å². The molecular formula is C12H19NO2S. The highest BCUT2D eigenvalue weighted by Crippen LogP contribution is 2.25. The van der Waals surface area contributed by atoms with Gasteiger partial charge in [-0.3, -0.25) is 4.90 Å². The third kappa shape index (κ3) is 2.63. The van der Waals surface area contributed by atoms with E-state index in [9.17, 15) is 5.11 Å². The number of hydrogen-bond acceptors (Lipinski definition) is 4. The average Bonchev–Trinajstić information content (AvgIpc) is 2.87. The quantitative estimate of drug-likeness (QED) is 0.833. The smallest absolute Gasteiger partial charge is 0.102 e. The maximum Gasteiger partial charge on any atom is 0.102 e. The second-order valence-electron chi connectivity index (χ2n) is 4.56. The normalized spacial score (nSPS) is 26.4. The summed E-state index contributed by atoms with van der Waals surface area (Å²) >= 11 is 1.84. The number of thiophene rings is 1. The van der Waals surface area contributed by atoms with Gasteiger partial charge < -0.3 is 10.2 Å². The van der Waals surface area contributed by atoms with E-state index in [2.05, 4.69) is 24.0 Å². The Balaban J connectivity index is 1.91. The van der Waals surface area contributed by atoms with Crippen LogP contribution in [0.4, 0.5) is 0 Å². The highest BCUT2D eigenvalue weighted by atomic mass is 32.1. The summed E-state index contributed by atoms with van der Waals surface area (Å²) in [6, 6.07) is 4.34. The topological polar surface area (TPSA) is 43.7 Å². The van der Waals surface area contributed by atoms with Gasteiger partial charge in [0.05, 0.1) is 6.61 Å². The van der Waals surface area contributed by atoms with Crippen LogP contribution in [0.1, 0.15) is 23.1 Å². The minimum Gasteiger partial charge on any atom is -0.393 e. The van der Waals surface area contributed by atoms with Crippen LogP contribution in [0.15, 0.2) is 12.1 Å². The Morgan fingerprint density at radius 3 is 2.75 bits per heavy atom. The molecule has 1 atom stereocenters. The summed E-state index contributed by atoms with van der Waals surface area (Å²) in [5, 5.41) is 19.0. The Morgan fingerprint density at radius 1 is 1.44 bits per heavy atom. The lowest BCUT2D eigenvalue weighted by molar-refractivity contribution is -0.00574. The van der Waals surface area contributed by atoms with Crippen molar-refractivity contribution in [2.24, 2.45) is 0 Å². The minimum atomic E-state index is -0.870. The predicted octanol–water partition coefficient (Wildman–Crippen LogP) is 1.24. The SMILES string of the molecule is CCc1ccc(CN2CC[C@@](O)(CO)C2)s1. The van der Waals surface area contributed by atoms with Crippen LogP contribution in [-0.4, -0.2) is 40.4 Å². The molecule has 2 heterocycles. The molecule has 0 saturated carbocycles. The van der Waals surface area contributed by atoms with Gasteiger partial charge in [-0.05, 0) is 25.0 Å². The van der Waals surface area contributed by atoms with Gasteiger partial charge in [0.2, 0.25) is 0 Å². The molecule has 1 saturated heterocycles. The average molecular weight is 241 g/mol. The Labute approximate surface area is 100 Å². The second kappa shape index (κ2) is 4.84. The monoisotopic (exact) mass is 241 g/mol. The van der Waals surface area contributed by atoms with Gasteiger partial charge in [0, 0.05) is 29.4 Å². The lowest BCUT2D eigenvalue weighted by atomic mass is 10.1. The number of likely N-dealkylation sites (tertiary alicyclic amines) is 1. The van der Waals surface area contributed by atoms with Crippen molar-refractivity contribution >= 4 is 11.3 Å². The summed E-state index contributed by atoms with van der Waals surface area (Å²) in [5.74, 6) is 0. The number of aliphatic hydroxyl groups excluding tert-OH is 1. The third-order valence-corrected chi connectivity index (χ3v) is 4.37. The van der Waals surface area contributed by atoms with Gasteiger partial charge in [0.15, 0.2) is 0 Å². The van der Waals surface area contributed by atoms with Crippen molar-refractivity contribution in [2.45, 2.75) is 31.9 Å². The number of nitrogens with zero attached hydrogens (tertiary/aromatic N) is 1. The molecule has 0 spiro atoms. The molecule has 4 heteroatoms. The number of aliphatic hydroxyl groups is 2. The minimum absolute atomic E-state index is 0.131. The van der Waals surface area contributed by atoms with E-state index >= 15 is 0 Å². The van der Waals surface area contributed by atoms with Crippen LogP contribution >= 0.6 is 11.3 Å². The van der Waals surface area contributed by atoms with Crippen molar-refractivity contribution in [3.05, 3.63) is 21.9 Å². The predicted molar refractivity (Wildman–Crippen MR) is 65.6 cm³/mol. The number of aryl methyl sites for hydroxylation is 1. The summed E-state index contributed by atoms with van der Waals surface area (Å²) in [6.07, 6.45) is 1.76. The zero-order valence-electron chi connectivity index (χ0n) is 9.65. The molecule has 1 fully saturated rings. The van der Waals surface area contributed by atoms with E-state index in [1.54, 1.807) is 0 Å². The van der Waals surface area contributed by atoms with E-state index in [0.717, 1.165) is 19.5 Å². The van der Waals surface area contributed by atoms with Crippen molar-refractivity contribution in [1.29, 1.82) is 0 Å². The molecule has 0 aromatic carbocycles. The Kier molecular flexibility index (Phi) is 3.64. The van der Waals surface area contributed by atoms with Crippen LogP contribution < -0.4 is 0 Å². The molecule has 1 aromatic rings. The molecule has 2 rings (SSSR count). The van der Waals surface area contributed by atoms with Gasteiger partial charge in [-0.1, -0.05) is 6.92 Å². The van der Waals surface area contributed by atoms with E-state index in [1.165, 1.54) is 9.75 Å². The van der Waals surface area contributed by atoms with E-state index < -0.39 is 5.60 Å². The fourth-order valence-corrected chi connectivity index (χ4v) is 3.12. The van der Waals surface area contributed by atoms with Crippen molar-refractivity contribution in [1.82, 2.24) is 4.90 Å². The van der Waals surface area contributed by atoms with Crippen molar-refractivity contribution < 1.29 is 10.2 Å². The Morgan fingerprint density at radius 2 is 2.19 bits per heavy atom. The van der Waals surface area contributed by atoms with Crippen LogP contribution in [0.3, 0.4) is 0 Å². The van der Waals surface area contributed by atoms with Gasteiger partial charge in [-0.25, -0.2) is 0 Å². The molecule has 0 amide bonds. The van der Waals surface area contributed by atoms with Gasteiger partial charge in [-0.2, -0.15) is 0 Å². The lowest BCUT2D eigenvalue weighted by Gasteiger charge is -2.20. The molecule has 0 aliphatic carbocycles. The van der Waals surface area contributed by atoms with E-state index in [-0.39, 0.29) is 6.61 Å². The molecule has 0 unspecified atom stereocenters. The summed E-state index contributed by atoms with van der Waals surface area (Å²) in [5.41, 5.74) is -0.870. The molecule has 2 N–H and O–H groups in total. The first-order chi connectivity index (χ1) is 7.65. The molecule has 0 radical (unpaired) electrons. The number of rotatable bonds is 4. The first kappa shape index (κ1) is 12.0. The highest BCUT2D eigenvalue weighted by Gasteiger charge is 2.35. The van der Waals surface area contributed by atoms with Crippen molar-refractivity contribution in [3.8, 4) is 0 Å². The molecule has 3 nitrogen and oxygen atoms in total. The van der Waals surface area contributed by atoms with Crippen molar-refractivity contribution in [2.75, 3.05) is 19.7 Å². The molecule has 1 aliphatic rings. The number of β-amino-alcohol motifs (C(OH)–C–C–N with tert-alkyl or cyclic N) is 1. The highest BCUT2D eigenvalue weighted by molar-refractivity contribution is 7.11. The second-order valence-corrected chi connectivity index (χ2v) is 5.82. The van der Waals surface area contributed by atoms with Crippen LogP contribution in [0, 0.1) is 0 Å². The zero-order chi connectivity index (χ0) is 11.6. The van der Waals surface area contributed by atoms with Crippen LogP contribution in [0.2, 0.25) is 0 Å². The molecular weight excluding hydrogens is 222 g/mol. The molecule has 1 aliphatic heterocycles. The van der Waals surface area contributed by atoms with Gasteiger partial charge >= 0.3 is 0 Å². The summed E-state index contributed by atoms with van der Waals surface area (Å²) < 4.78 is 0. The van der Waals surface area contributed by atoms with E-state index in [4.69, 9.17) is 5.11 Å². The molecule has 1 aromatic heterocycles. The first-order valence-electron chi connectivity index (χ1n) is 5.78. The van der Waals surface area contributed by atoms with Crippen molar-refractivity contribution in [3.63, 3.8) is 0 Å². The van der Waals surface area contributed by atoms with Crippen LogP contribution in [-0.2, 0) is 13.0 Å². The molecule has 90 valence electrons. The van der Waals surface area contributed by atoms with Crippen LogP contribution in [0.5, 0.6) is 0 Å². The molecule has 16 heavy (non-hydrogen) atoms. The first-order valence-corrected chi connectivity index (χ1v) is 6.60. The maximum atomic E-state index is 9.91. The fraction of sp³-hybridized carbons (Fsp3) is 0.667. The van der Waals surface area contributed by atoms with E-state index in [1.807, 2.05) is 11.3 Å². The number of hydrogen-bond donors (Lipinski definition) is 2. The third-order valence-electron chi connectivity index (χ3n) is 3.15. The Bertz CT molecular complexity index is 353. The maximum absolute atomic E-state index is 9.91.